The topological polar surface area (TPSA) is 45.1 Å². The first kappa shape index (κ1) is 14.9. The zero-order chi connectivity index (χ0) is 14.4. The molecule has 2 rings (SSSR count). The maximum atomic E-state index is 8.92. The molecule has 0 aliphatic carbocycles. The smallest absolute Gasteiger partial charge is 0.0746 e. The van der Waals surface area contributed by atoms with E-state index in [0.29, 0.717) is 0 Å². The van der Waals surface area contributed by atoms with Crippen molar-refractivity contribution in [2.24, 2.45) is 5.41 Å². The molecule has 0 radical (unpaired) electrons. The minimum absolute atomic E-state index is 0.209. The zero-order valence-electron chi connectivity index (χ0n) is 12.4. The van der Waals surface area contributed by atoms with Crippen LogP contribution in [0.25, 0.3) is 10.9 Å². The van der Waals surface area contributed by atoms with Crippen LogP contribution in [-0.4, -0.2) is 23.2 Å². The van der Waals surface area contributed by atoms with Gasteiger partial charge < -0.3 is 10.4 Å². The van der Waals surface area contributed by atoms with Crippen LogP contribution in [0.5, 0.6) is 0 Å². The van der Waals surface area contributed by atoms with Gasteiger partial charge >= 0.3 is 0 Å². The Morgan fingerprint density at radius 3 is 2.80 bits per heavy atom. The normalized spacial score (nSPS) is 11.9. The predicted octanol–water partition coefficient (Wildman–Crippen LogP) is 3.12. The Bertz CT molecular complexity index is 546. The molecule has 0 fully saturated rings. The summed E-state index contributed by atoms with van der Waals surface area (Å²) in [6, 6.07) is 10.4. The van der Waals surface area contributed by atoms with E-state index in [-0.39, 0.29) is 12.0 Å². The van der Waals surface area contributed by atoms with Gasteiger partial charge in [0.15, 0.2) is 0 Å². The number of aliphatic hydroxyl groups is 1. The number of benzene rings is 1. The minimum atomic E-state index is 0.209. The number of pyridine rings is 1. The molecular formula is C17H24N2O. The Labute approximate surface area is 121 Å². The van der Waals surface area contributed by atoms with Gasteiger partial charge in [0.2, 0.25) is 0 Å². The largest absolute Gasteiger partial charge is 0.396 e. The fraction of sp³-hybridized carbons (Fsp3) is 0.471. The van der Waals surface area contributed by atoms with E-state index in [2.05, 4.69) is 48.4 Å². The first-order chi connectivity index (χ1) is 9.62. The van der Waals surface area contributed by atoms with Gasteiger partial charge in [-0.25, -0.2) is 0 Å². The Morgan fingerprint density at radius 1 is 1.20 bits per heavy atom. The van der Waals surface area contributed by atoms with Crippen molar-refractivity contribution in [3.63, 3.8) is 0 Å². The van der Waals surface area contributed by atoms with Crippen LogP contribution in [0.3, 0.4) is 0 Å². The van der Waals surface area contributed by atoms with Crippen LogP contribution in [0.2, 0.25) is 0 Å². The lowest BCUT2D eigenvalue weighted by atomic mass is 9.88. The van der Waals surface area contributed by atoms with Crippen LogP contribution < -0.4 is 5.32 Å². The average molecular weight is 272 g/mol. The molecule has 2 N–H and O–H groups in total. The van der Waals surface area contributed by atoms with Gasteiger partial charge in [-0.3, -0.25) is 4.98 Å². The van der Waals surface area contributed by atoms with Gasteiger partial charge in [0.05, 0.1) is 5.52 Å². The van der Waals surface area contributed by atoms with Crippen LogP contribution in [0, 0.1) is 5.41 Å². The average Bonchev–Trinajstić information content (AvgIpc) is 2.45. The molecule has 20 heavy (non-hydrogen) atoms. The second kappa shape index (κ2) is 6.82. The lowest BCUT2D eigenvalue weighted by molar-refractivity contribution is 0.236. The summed E-state index contributed by atoms with van der Waals surface area (Å²) in [5, 5.41) is 13.6. The minimum Gasteiger partial charge on any atom is -0.396 e. The number of hydrogen-bond acceptors (Lipinski definition) is 3. The predicted molar refractivity (Wildman–Crippen MR) is 83.6 cm³/mol. The summed E-state index contributed by atoms with van der Waals surface area (Å²) in [6.07, 6.45) is 3.74. The van der Waals surface area contributed by atoms with Crippen molar-refractivity contribution in [2.45, 2.75) is 33.2 Å². The quantitative estimate of drug-likeness (QED) is 0.814. The second-order valence-corrected chi connectivity index (χ2v) is 6.09. The van der Waals surface area contributed by atoms with E-state index in [1.165, 1.54) is 10.9 Å². The molecule has 0 amide bonds. The Hall–Kier alpha value is -1.45. The molecule has 2 aromatic rings. The van der Waals surface area contributed by atoms with E-state index < -0.39 is 0 Å². The number of nitrogens with one attached hydrogen (secondary N) is 1. The molecule has 0 unspecified atom stereocenters. The van der Waals surface area contributed by atoms with Crippen LogP contribution in [0.1, 0.15) is 32.3 Å². The van der Waals surface area contributed by atoms with E-state index in [9.17, 15) is 0 Å². The van der Waals surface area contributed by atoms with Crippen molar-refractivity contribution in [2.75, 3.05) is 13.2 Å². The fourth-order valence-corrected chi connectivity index (χ4v) is 2.49. The van der Waals surface area contributed by atoms with E-state index >= 15 is 0 Å². The molecule has 3 heteroatoms. The highest BCUT2D eigenvalue weighted by atomic mass is 16.2. The molecule has 0 bridgehead atoms. The molecule has 0 saturated heterocycles. The van der Waals surface area contributed by atoms with Crippen molar-refractivity contribution >= 4 is 10.9 Å². The highest BCUT2D eigenvalue weighted by Crippen LogP contribution is 2.21. The van der Waals surface area contributed by atoms with E-state index in [1.54, 1.807) is 0 Å². The Morgan fingerprint density at radius 2 is 2.00 bits per heavy atom. The van der Waals surface area contributed by atoms with E-state index in [0.717, 1.165) is 31.4 Å². The van der Waals surface area contributed by atoms with Crippen molar-refractivity contribution in [1.82, 2.24) is 10.3 Å². The van der Waals surface area contributed by atoms with E-state index in [4.69, 9.17) is 5.11 Å². The molecule has 0 saturated carbocycles. The third-order valence-corrected chi connectivity index (χ3v) is 3.65. The highest BCUT2D eigenvalue weighted by Gasteiger charge is 2.16. The molecule has 0 spiro atoms. The van der Waals surface area contributed by atoms with E-state index in [1.807, 2.05) is 12.3 Å². The van der Waals surface area contributed by atoms with Gasteiger partial charge in [0, 0.05) is 31.3 Å². The number of rotatable bonds is 7. The van der Waals surface area contributed by atoms with Gasteiger partial charge in [-0.15, -0.1) is 0 Å². The summed E-state index contributed by atoms with van der Waals surface area (Å²) in [5.74, 6) is 0. The third kappa shape index (κ3) is 4.02. The van der Waals surface area contributed by atoms with Crippen molar-refractivity contribution in [3.05, 3.63) is 42.1 Å². The maximum Gasteiger partial charge on any atom is 0.0746 e. The summed E-state index contributed by atoms with van der Waals surface area (Å²) < 4.78 is 0. The molecule has 108 valence electrons. The molecule has 3 nitrogen and oxygen atoms in total. The highest BCUT2D eigenvalue weighted by molar-refractivity contribution is 5.81. The molecule has 0 aliphatic rings. The Balaban J connectivity index is 1.96. The Kier molecular flexibility index (Phi) is 5.10. The summed E-state index contributed by atoms with van der Waals surface area (Å²) in [7, 11) is 0. The summed E-state index contributed by atoms with van der Waals surface area (Å²) in [4.78, 5) is 4.47. The van der Waals surface area contributed by atoms with Crippen molar-refractivity contribution in [3.8, 4) is 0 Å². The van der Waals surface area contributed by atoms with Crippen LogP contribution >= 0.6 is 0 Å². The summed E-state index contributed by atoms with van der Waals surface area (Å²) >= 11 is 0. The third-order valence-electron chi connectivity index (χ3n) is 3.65. The van der Waals surface area contributed by atoms with Gasteiger partial charge in [0.1, 0.15) is 0 Å². The first-order valence-corrected chi connectivity index (χ1v) is 7.27. The monoisotopic (exact) mass is 272 g/mol. The molecule has 0 atom stereocenters. The number of para-hydroxylation sites is 1. The first-order valence-electron chi connectivity index (χ1n) is 7.27. The molecule has 1 heterocycles. The number of nitrogens with zero attached hydrogens (tertiary/aromatic N) is 1. The van der Waals surface area contributed by atoms with Gasteiger partial charge in [-0.05, 0) is 29.9 Å². The summed E-state index contributed by atoms with van der Waals surface area (Å²) in [5.41, 5.74) is 2.53. The van der Waals surface area contributed by atoms with Gasteiger partial charge in [-0.2, -0.15) is 0 Å². The standard InChI is InChI=1S/C17H24N2O/c1-17(2,9-5-11-20)13-18-12-15-7-3-6-14-8-4-10-19-16(14)15/h3-4,6-8,10,18,20H,5,9,11-13H2,1-2H3. The molecule has 1 aromatic carbocycles. The molecule has 1 aromatic heterocycles. The molecule has 0 aliphatic heterocycles. The van der Waals surface area contributed by atoms with Crippen LogP contribution in [-0.2, 0) is 6.54 Å². The SMILES string of the molecule is CC(C)(CCCO)CNCc1cccc2cccnc12. The maximum absolute atomic E-state index is 8.92. The molecular weight excluding hydrogens is 248 g/mol. The lowest BCUT2D eigenvalue weighted by Crippen LogP contribution is -2.29. The van der Waals surface area contributed by atoms with Crippen LogP contribution in [0.15, 0.2) is 36.5 Å². The zero-order valence-corrected chi connectivity index (χ0v) is 12.4. The lowest BCUT2D eigenvalue weighted by Gasteiger charge is -2.24. The number of aromatic nitrogens is 1. The number of hydrogen-bond donors (Lipinski definition) is 2. The number of aliphatic hydroxyl groups excluding tert-OH is 1. The fourth-order valence-electron chi connectivity index (χ4n) is 2.49. The van der Waals surface area contributed by atoms with Crippen molar-refractivity contribution < 1.29 is 5.11 Å². The van der Waals surface area contributed by atoms with Crippen molar-refractivity contribution in [1.29, 1.82) is 0 Å². The number of fused-ring (bicyclic) bond motifs is 1. The van der Waals surface area contributed by atoms with Crippen LogP contribution in [0.4, 0.5) is 0 Å². The van der Waals surface area contributed by atoms with Gasteiger partial charge in [0.25, 0.3) is 0 Å². The summed E-state index contributed by atoms with van der Waals surface area (Å²) in [6.45, 7) is 6.51. The van der Waals surface area contributed by atoms with Gasteiger partial charge in [-0.1, -0.05) is 38.1 Å². The second-order valence-electron chi connectivity index (χ2n) is 6.09.